The molecule has 2 N–H and O–H groups in total. The lowest BCUT2D eigenvalue weighted by atomic mass is 10.1. The first-order valence-electron chi connectivity index (χ1n) is 9.86. The van der Waals surface area contributed by atoms with Gasteiger partial charge in [-0.15, -0.1) is 0 Å². The number of nitrogens with one attached hydrogen (secondary N) is 2. The van der Waals surface area contributed by atoms with Crippen molar-refractivity contribution >= 4 is 29.1 Å². The highest BCUT2D eigenvalue weighted by atomic mass is 16.5. The van der Waals surface area contributed by atoms with Crippen molar-refractivity contribution in [3.05, 3.63) is 54.1 Å². The van der Waals surface area contributed by atoms with Gasteiger partial charge < -0.3 is 15.0 Å². The van der Waals surface area contributed by atoms with E-state index in [9.17, 15) is 9.59 Å². The van der Waals surface area contributed by atoms with Crippen molar-refractivity contribution < 1.29 is 14.3 Å². The molecule has 2 amide bonds. The third kappa shape index (κ3) is 5.49. The van der Waals surface area contributed by atoms with Crippen LogP contribution in [0.1, 0.15) is 43.0 Å². The van der Waals surface area contributed by atoms with Crippen molar-refractivity contribution in [1.82, 2.24) is 0 Å². The number of anilines is 3. The van der Waals surface area contributed by atoms with Gasteiger partial charge in [0.05, 0.1) is 6.61 Å². The smallest absolute Gasteiger partial charge is 0.411 e. The molecule has 2 aromatic carbocycles. The van der Waals surface area contributed by atoms with Gasteiger partial charge in [-0.05, 0) is 62.2 Å². The predicted molar refractivity (Wildman–Crippen MR) is 112 cm³/mol. The van der Waals surface area contributed by atoms with Gasteiger partial charge in [0.2, 0.25) is 0 Å². The fourth-order valence-electron chi connectivity index (χ4n) is 3.31. The minimum absolute atomic E-state index is 0.227. The molecule has 3 rings (SSSR count). The van der Waals surface area contributed by atoms with Crippen molar-refractivity contribution in [1.29, 1.82) is 0 Å². The van der Waals surface area contributed by atoms with Crippen LogP contribution in [0.4, 0.5) is 21.9 Å². The van der Waals surface area contributed by atoms with Gasteiger partial charge in [0.1, 0.15) is 0 Å². The van der Waals surface area contributed by atoms with Gasteiger partial charge in [0.25, 0.3) is 5.91 Å². The molecule has 1 heterocycles. The van der Waals surface area contributed by atoms with E-state index in [-0.39, 0.29) is 5.91 Å². The summed E-state index contributed by atoms with van der Waals surface area (Å²) in [6.07, 6.45) is 4.52. The summed E-state index contributed by atoms with van der Waals surface area (Å²) in [5.74, 6) is -0.227. The summed E-state index contributed by atoms with van der Waals surface area (Å²) in [6, 6.07) is 14.7. The Labute approximate surface area is 165 Å². The molecule has 1 aliphatic rings. The first kappa shape index (κ1) is 19.7. The summed E-state index contributed by atoms with van der Waals surface area (Å²) in [6.45, 7) is 4.21. The fraction of sp³-hybridized carbons (Fsp3) is 0.364. The zero-order chi connectivity index (χ0) is 19.8. The lowest BCUT2D eigenvalue weighted by molar-refractivity contribution is 0.102. The maximum Gasteiger partial charge on any atom is 0.411 e. The highest BCUT2D eigenvalue weighted by molar-refractivity contribution is 6.05. The van der Waals surface area contributed by atoms with Crippen molar-refractivity contribution in [3.8, 4) is 0 Å². The number of benzene rings is 2. The molecule has 6 nitrogen and oxygen atoms in total. The zero-order valence-electron chi connectivity index (χ0n) is 16.2. The van der Waals surface area contributed by atoms with Crippen molar-refractivity contribution in [2.24, 2.45) is 0 Å². The lowest BCUT2D eigenvalue weighted by Gasteiger charge is -2.22. The monoisotopic (exact) mass is 381 g/mol. The van der Waals surface area contributed by atoms with E-state index < -0.39 is 6.09 Å². The van der Waals surface area contributed by atoms with Crippen LogP contribution in [-0.2, 0) is 4.74 Å². The summed E-state index contributed by atoms with van der Waals surface area (Å²) in [5.41, 5.74) is 2.92. The van der Waals surface area contributed by atoms with E-state index in [4.69, 9.17) is 4.74 Å². The summed E-state index contributed by atoms with van der Waals surface area (Å²) < 4.78 is 4.86. The van der Waals surface area contributed by atoms with Gasteiger partial charge >= 0.3 is 6.09 Å². The molecule has 0 atom stereocenters. The number of carbonyl (C=O) groups excluding carboxylic acids is 2. The van der Waals surface area contributed by atoms with Crippen molar-refractivity contribution in [3.63, 3.8) is 0 Å². The molecule has 1 aliphatic heterocycles. The van der Waals surface area contributed by atoms with Crippen LogP contribution < -0.4 is 15.5 Å². The Morgan fingerprint density at radius 1 is 0.929 bits per heavy atom. The maximum atomic E-state index is 12.5. The molecule has 0 saturated carbocycles. The molecule has 0 aliphatic carbocycles. The number of nitrogens with zero attached hydrogens (tertiary/aromatic N) is 1. The highest BCUT2D eigenvalue weighted by Gasteiger charge is 2.11. The largest absolute Gasteiger partial charge is 0.450 e. The molecule has 1 saturated heterocycles. The van der Waals surface area contributed by atoms with Crippen LogP contribution >= 0.6 is 0 Å². The number of hydrogen-bond donors (Lipinski definition) is 2. The predicted octanol–water partition coefficient (Wildman–Crippen LogP) is 4.89. The average molecular weight is 381 g/mol. The number of hydrogen-bond acceptors (Lipinski definition) is 4. The molecule has 0 aromatic heterocycles. The maximum absolute atomic E-state index is 12.5. The third-order valence-corrected chi connectivity index (χ3v) is 4.74. The molecule has 6 heteroatoms. The zero-order valence-corrected chi connectivity index (χ0v) is 16.2. The highest BCUT2D eigenvalue weighted by Crippen LogP contribution is 2.22. The Morgan fingerprint density at radius 3 is 2.32 bits per heavy atom. The molecule has 2 aromatic rings. The van der Waals surface area contributed by atoms with E-state index in [1.165, 1.54) is 31.4 Å². The molecule has 148 valence electrons. The second kappa shape index (κ2) is 9.78. The van der Waals surface area contributed by atoms with Crippen LogP contribution in [0.5, 0.6) is 0 Å². The molecular formula is C22H27N3O3. The number of ether oxygens (including phenoxy) is 1. The minimum Gasteiger partial charge on any atom is -0.450 e. The van der Waals surface area contributed by atoms with Gasteiger partial charge in [0.15, 0.2) is 0 Å². The number of rotatable bonds is 5. The molecule has 0 bridgehead atoms. The summed E-state index contributed by atoms with van der Waals surface area (Å²) in [4.78, 5) is 26.5. The average Bonchev–Trinajstić information content (AvgIpc) is 2.98. The summed E-state index contributed by atoms with van der Waals surface area (Å²) in [5, 5.41) is 5.51. The van der Waals surface area contributed by atoms with E-state index in [2.05, 4.69) is 27.7 Å². The topological polar surface area (TPSA) is 70.7 Å². The minimum atomic E-state index is -0.538. The molecule has 1 fully saturated rings. The van der Waals surface area contributed by atoms with Crippen LogP contribution in [0.3, 0.4) is 0 Å². The van der Waals surface area contributed by atoms with Gasteiger partial charge in [-0.25, -0.2) is 4.79 Å². The van der Waals surface area contributed by atoms with Gasteiger partial charge in [-0.2, -0.15) is 0 Å². The van der Waals surface area contributed by atoms with Gasteiger partial charge in [0, 0.05) is 35.7 Å². The second-order valence-corrected chi connectivity index (χ2v) is 6.83. The molecule has 0 unspecified atom stereocenters. The molecular weight excluding hydrogens is 354 g/mol. The molecule has 0 spiro atoms. The van der Waals surface area contributed by atoms with Crippen LogP contribution in [0, 0.1) is 0 Å². The molecule has 28 heavy (non-hydrogen) atoms. The summed E-state index contributed by atoms with van der Waals surface area (Å²) >= 11 is 0. The van der Waals surface area contributed by atoms with E-state index >= 15 is 0 Å². The first-order chi connectivity index (χ1) is 13.7. The standard InChI is InChI=1S/C22H27N3O3/c1-2-28-22(27)24-19-9-7-8-17(16-19)21(26)23-18-10-12-20(13-11-18)25-14-5-3-4-6-15-25/h7-13,16H,2-6,14-15H2,1H3,(H,23,26)(H,24,27). The fourth-order valence-corrected chi connectivity index (χ4v) is 3.31. The van der Waals surface area contributed by atoms with Crippen LogP contribution in [0.25, 0.3) is 0 Å². The Bertz CT molecular complexity index is 797. The van der Waals surface area contributed by atoms with E-state index in [0.717, 1.165) is 18.8 Å². The van der Waals surface area contributed by atoms with Crippen molar-refractivity contribution in [2.45, 2.75) is 32.6 Å². The van der Waals surface area contributed by atoms with Crippen molar-refractivity contribution in [2.75, 3.05) is 35.2 Å². The van der Waals surface area contributed by atoms with Crippen LogP contribution in [0.2, 0.25) is 0 Å². The third-order valence-electron chi connectivity index (χ3n) is 4.74. The quantitative estimate of drug-likeness (QED) is 0.774. The number of carbonyl (C=O) groups is 2. The lowest BCUT2D eigenvalue weighted by Crippen LogP contribution is -2.23. The van der Waals surface area contributed by atoms with Gasteiger partial charge in [-0.1, -0.05) is 18.9 Å². The SMILES string of the molecule is CCOC(=O)Nc1cccc(C(=O)Nc2ccc(N3CCCCCC3)cc2)c1. The normalized spacial score (nSPS) is 14.1. The first-order valence-corrected chi connectivity index (χ1v) is 9.86. The number of amides is 2. The van der Waals surface area contributed by atoms with Crippen LogP contribution in [0.15, 0.2) is 48.5 Å². The van der Waals surface area contributed by atoms with E-state index in [1.807, 2.05) is 12.1 Å². The Hall–Kier alpha value is -3.02. The Morgan fingerprint density at radius 2 is 1.64 bits per heavy atom. The molecule has 0 radical (unpaired) electrons. The second-order valence-electron chi connectivity index (χ2n) is 6.83. The van der Waals surface area contributed by atoms with Crippen LogP contribution in [-0.4, -0.2) is 31.7 Å². The van der Waals surface area contributed by atoms with E-state index in [0.29, 0.717) is 17.9 Å². The Balaban J connectivity index is 1.62. The summed E-state index contributed by atoms with van der Waals surface area (Å²) in [7, 11) is 0. The Kier molecular flexibility index (Phi) is 6.89. The van der Waals surface area contributed by atoms with Gasteiger partial charge in [-0.3, -0.25) is 10.1 Å². The van der Waals surface area contributed by atoms with E-state index in [1.54, 1.807) is 31.2 Å².